The maximum Gasteiger partial charge on any atom is 0.341 e. The Kier molecular flexibility index (Phi) is 3.10. The van der Waals surface area contributed by atoms with Crippen molar-refractivity contribution in [2.75, 3.05) is 13.7 Å². The van der Waals surface area contributed by atoms with Gasteiger partial charge in [0.1, 0.15) is 11.3 Å². The zero-order valence-corrected chi connectivity index (χ0v) is 9.97. The van der Waals surface area contributed by atoms with Crippen molar-refractivity contribution in [3.8, 4) is 5.75 Å². The Labute approximate surface area is 97.6 Å². The van der Waals surface area contributed by atoms with Gasteiger partial charge in [0.15, 0.2) is 0 Å². The van der Waals surface area contributed by atoms with Crippen LogP contribution >= 0.6 is 11.3 Å². The van der Waals surface area contributed by atoms with E-state index in [0.29, 0.717) is 17.9 Å². The molecule has 0 radical (unpaired) electrons. The standard InChI is InChI=1S/C12H12O3S/c1-3-15-11-8-6-7-16-10(8)5-4-9(11)12(13)14-2/h4-7H,3H2,1-2H3. The summed E-state index contributed by atoms with van der Waals surface area (Å²) in [4.78, 5) is 11.6. The van der Waals surface area contributed by atoms with Crippen molar-refractivity contribution in [2.24, 2.45) is 0 Å². The molecule has 0 bridgehead atoms. The molecular formula is C12H12O3S. The summed E-state index contributed by atoms with van der Waals surface area (Å²) in [6.45, 7) is 2.42. The van der Waals surface area contributed by atoms with E-state index in [-0.39, 0.29) is 5.97 Å². The van der Waals surface area contributed by atoms with Crippen LogP contribution in [-0.4, -0.2) is 19.7 Å². The molecule has 0 fully saturated rings. The van der Waals surface area contributed by atoms with Crippen molar-refractivity contribution >= 4 is 27.4 Å². The van der Waals surface area contributed by atoms with Crippen molar-refractivity contribution in [1.29, 1.82) is 0 Å². The van der Waals surface area contributed by atoms with Crippen LogP contribution in [0.5, 0.6) is 5.75 Å². The second kappa shape index (κ2) is 4.53. The van der Waals surface area contributed by atoms with Crippen LogP contribution in [0.4, 0.5) is 0 Å². The highest BCUT2D eigenvalue weighted by molar-refractivity contribution is 7.17. The van der Waals surface area contributed by atoms with Crippen molar-refractivity contribution in [2.45, 2.75) is 6.92 Å². The number of carbonyl (C=O) groups excluding carboxylic acids is 1. The van der Waals surface area contributed by atoms with E-state index < -0.39 is 0 Å². The fourth-order valence-corrected chi connectivity index (χ4v) is 2.37. The Balaban J connectivity index is 2.63. The molecule has 0 amide bonds. The lowest BCUT2D eigenvalue weighted by atomic mass is 10.1. The van der Waals surface area contributed by atoms with Crippen LogP contribution in [0.1, 0.15) is 17.3 Å². The highest BCUT2D eigenvalue weighted by Crippen LogP contribution is 2.33. The third-order valence-electron chi connectivity index (χ3n) is 2.28. The molecule has 1 heterocycles. The van der Waals surface area contributed by atoms with Gasteiger partial charge in [-0.2, -0.15) is 0 Å². The molecule has 16 heavy (non-hydrogen) atoms. The summed E-state index contributed by atoms with van der Waals surface area (Å²) in [6.07, 6.45) is 0. The SMILES string of the molecule is CCOc1c(C(=O)OC)ccc2sccc12. The zero-order chi connectivity index (χ0) is 11.5. The fourth-order valence-electron chi connectivity index (χ4n) is 1.59. The van der Waals surface area contributed by atoms with Crippen LogP contribution in [-0.2, 0) is 4.74 Å². The molecule has 3 nitrogen and oxygen atoms in total. The molecule has 2 rings (SSSR count). The van der Waals surface area contributed by atoms with Gasteiger partial charge in [-0.1, -0.05) is 0 Å². The Morgan fingerprint density at radius 1 is 1.38 bits per heavy atom. The van der Waals surface area contributed by atoms with E-state index in [0.717, 1.165) is 10.1 Å². The molecule has 84 valence electrons. The number of hydrogen-bond acceptors (Lipinski definition) is 4. The number of benzene rings is 1. The van der Waals surface area contributed by atoms with Gasteiger partial charge in [-0.3, -0.25) is 0 Å². The normalized spacial score (nSPS) is 10.4. The molecule has 0 unspecified atom stereocenters. The molecule has 0 saturated carbocycles. The van der Waals surface area contributed by atoms with E-state index in [2.05, 4.69) is 0 Å². The summed E-state index contributed by atoms with van der Waals surface area (Å²) in [5.74, 6) is 0.254. The molecule has 0 saturated heterocycles. The lowest BCUT2D eigenvalue weighted by molar-refractivity contribution is 0.0596. The average Bonchev–Trinajstić information content (AvgIpc) is 2.77. The number of esters is 1. The number of thiophene rings is 1. The van der Waals surface area contributed by atoms with Crippen LogP contribution in [0.15, 0.2) is 23.6 Å². The molecule has 0 aliphatic heterocycles. The minimum absolute atomic E-state index is 0.364. The van der Waals surface area contributed by atoms with Gasteiger partial charge < -0.3 is 9.47 Å². The van der Waals surface area contributed by atoms with Crippen molar-refractivity contribution in [3.63, 3.8) is 0 Å². The molecule has 1 aromatic carbocycles. The van der Waals surface area contributed by atoms with Gasteiger partial charge in [-0.25, -0.2) is 4.79 Å². The smallest absolute Gasteiger partial charge is 0.341 e. The first kappa shape index (κ1) is 11.0. The Morgan fingerprint density at radius 3 is 2.88 bits per heavy atom. The van der Waals surface area contributed by atoms with Crippen LogP contribution in [0.3, 0.4) is 0 Å². The lowest BCUT2D eigenvalue weighted by Gasteiger charge is -2.09. The minimum atomic E-state index is -0.364. The summed E-state index contributed by atoms with van der Waals surface area (Å²) < 4.78 is 11.4. The molecule has 0 aliphatic carbocycles. The van der Waals surface area contributed by atoms with E-state index in [1.54, 1.807) is 17.4 Å². The molecule has 4 heteroatoms. The quantitative estimate of drug-likeness (QED) is 0.768. The monoisotopic (exact) mass is 236 g/mol. The number of hydrogen-bond donors (Lipinski definition) is 0. The minimum Gasteiger partial charge on any atom is -0.492 e. The first-order chi connectivity index (χ1) is 7.77. The second-order valence-electron chi connectivity index (χ2n) is 3.20. The van der Waals surface area contributed by atoms with Crippen molar-refractivity contribution in [1.82, 2.24) is 0 Å². The molecule has 0 atom stereocenters. The van der Waals surface area contributed by atoms with E-state index in [1.807, 2.05) is 24.4 Å². The van der Waals surface area contributed by atoms with Gasteiger partial charge in [0.25, 0.3) is 0 Å². The van der Waals surface area contributed by atoms with E-state index >= 15 is 0 Å². The van der Waals surface area contributed by atoms with E-state index in [4.69, 9.17) is 9.47 Å². The van der Waals surface area contributed by atoms with E-state index in [1.165, 1.54) is 7.11 Å². The summed E-state index contributed by atoms with van der Waals surface area (Å²) in [6, 6.07) is 5.61. The van der Waals surface area contributed by atoms with Gasteiger partial charge in [0.05, 0.1) is 13.7 Å². The van der Waals surface area contributed by atoms with Crippen molar-refractivity contribution in [3.05, 3.63) is 29.1 Å². The number of rotatable bonds is 3. The summed E-state index contributed by atoms with van der Waals surface area (Å²) in [7, 11) is 1.37. The largest absolute Gasteiger partial charge is 0.492 e. The second-order valence-corrected chi connectivity index (χ2v) is 4.15. The maximum atomic E-state index is 11.6. The number of methoxy groups -OCH3 is 1. The summed E-state index contributed by atoms with van der Waals surface area (Å²) >= 11 is 1.62. The highest BCUT2D eigenvalue weighted by Gasteiger charge is 2.16. The first-order valence-electron chi connectivity index (χ1n) is 4.99. The topological polar surface area (TPSA) is 35.5 Å². The number of fused-ring (bicyclic) bond motifs is 1. The molecule has 2 aromatic rings. The van der Waals surface area contributed by atoms with Crippen LogP contribution in [0.25, 0.3) is 10.1 Å². The number of ether oxygens (including phenoxy) is 2. The van der Waals surface area contributed by atoms with Gasteiger partial charge in [0.2, 0.25) is 0 Å². The Hall–Kier alpha value is -1.55. The summed E-state index contributed by atoms with van der Waals surface area (Å²) in [5, 5.41) is 2.95. The Bertz CT molecular complexity index is 516. The molecule has 0 N–H and O–H groups in total. The molecule has 1 aromatic heterocycles. The number of carbonyl (C=O) groups is 1. The summed E-state index contributed by atoms with van der Waals surface area (Å²) in [5.41, 5.74) is 0.482. The van der Waals surface area contributed by atoms with E-state index in [9.17, 15) is 4.79 Å². The van der Waals surface area contributed by atoms with Gasteiger partial charge >= 0.3 is 5.97 Å². The highest BCUT2D eigenvalue weighted by atomic mass is 32.1. The average molecular weight is 236 g/mol. The van der Waals surface area contributed by atoms with Gasteiger partial charge in [-0.05, 0) is 30.5 Å². The maximum absolute atomic E-state index is 11.6. The lowest BCUT2D eigenvalue weighted by Crippen LogP contribution is -2.05. The van der Waals surface area contributed by atoms with Crippen LogP contribution in [0, 0.1) is 0 Å². The first-order valence-corrected chi connectivity index (χ1v) is 5.87. The molecular weight excluding hydrogens is 224 g/mol. The zero-order valence-electron chi connectivity index (χ0n) is 9.15. The third-order valence-corrected chi connectivity index (χ3v) is 3.16. The predicted octanol–water partition coefficient (Wildman–Crippen LogP) is 3.09. The Morgan fingerprint density at radius 2 is 2.19 bits per heavy atom. The van der Waals surface area contributed by atoms with Crippen molar-refractivity contribution < 1.29 is 14.3 Å². The van der Waals surface area contributed by atoms with Gasteiger partial charge in [-0.15, -0.1) is 11.3 Å². The van der Waals surface area contributed by atoms with Crippen LogP contribution in [0.2, 0.25) is 0 Å². The molecule has 0 spiro atoms. The third kappa shape index (κ3) is 1.76. The fraction of sp³-hybridized carbons (Fsp3) is 0.250. The predicted molar refractivity (Wildman–Crippen MR) is 64.3 cm³/mol. The van der Waals surface area contributed by atoms with Gasteiger partial charge in [0, 0.05) is 10.1 Å². The molecule has 0 aliphatic rings. The van der Waals surface area contributed by atoms with Crippen LogP contribution < -0.4 is 4.74 Å².